The second kappa shape index (κ2) is 4.90. The normalized spacial score (nSPS) is 10.6. The van der Waals surface area contributed by atoms with Crippen LogP contribution in [0.15, 0.2) is 24.3 Å². The van der Waals surface area contributed by atoms with Crippen molar-refractivity contribution in [3.05, 3.63) is 35.5 Å². The number of hydrogen-bond acceptors (Lipinski definition) is 3. The first-order valence-electron chi connectivity index (χ1n) is 5.39. The van der Waals surface area contributed by atoms with E-state index in [1.807, 2.05) is 18.2 Å². The molecule has 0 aliphatic heterocycles. The van der Waals surface area contributed by atoms with E-state index in [2.05, 4.69) is 28.4 Å². The summed E-state index contributed by atoms with van der Waals surface area (Å²) >= 11 is 0. The van der Waals surface area contributed by atoms with Gasteiger partial charge in [-0.3, -0.25) is 0 Å². The fourth-order valence-electron chi connectivity index (χ4n) is 1.73. The molecule has 1 aromatic carbocycles. The highest BCUT2D eigenvalue weighted by molar-refractivity contribution is 5.64. The van der Waals surface area contributed by atoms with E-state index in [0.717, 1.165) is 23.4 Å². The zero-order valence-electron chi connectivity index (χ0n) is 9.27. The average molecular weight is 217 g/mol. The summed E-state index contributed by atoms with van der Waals surface area (Å²) in [4.78, 5) is 0. The summed E-state index contributed by atoms with van der Waals surface area (Å²) in [6.45, 7) is 2.24. The van der Waals surface area contributed by atoms with Crippen molar-refractivity contribution in [1.29, 1.82) is 0 Å². The molecule has 0 saturated carbocycles. The molecule has 1 heterocycles. The van der Waals surface area contributed by atoms with Crippen molar-refractivity contribution in [2.75, 3.05) is 6.61 Å². The molecule has 4 nitrogen and oxygen atoms in total. The molecule has 0 atom stereocenters. The third-order valence-electron chi connectivity index (χ3n) is 2.59. The number of rotatable bonds is 4. The molecule has 0 spiro atoms. The first-order valence-corrected chi connectivity index (χ1v) is 5.39. The predicted molar refractivity (Wildman–Crippen MR) is 62.0 cm³/mol. The Labute approximate surface area is 94.3 Å². The van der Waals surface area contributed by atoms with E-state index >= 15 is 0 Å². The Morgan fingerprint density at radius 2 is 2.06 bits per heavy atom. The molecule has 2 aromatic rings. The molecule has 0 aliphatic carbocycles. The second-order valence-electron chi connectivity index (χ2n) is 3.76. The van der Waals surface area contributed by atoms with Gasteiger partial charge >= 0.3 is 0 Å². The Morgan fingerprint density at radius 3 is 2.81 bits per heavy atom. The van der Waals surface area contributed by atoms with E-state index < -0.39 is 0 Å². The molecule has 0 unspecified atom stereocenters. The summed E-state index contributed by atoms with van der Waals surface area (Å²) in [5.74, 6) is 0. The third kappa shape index (κ3) is 2.12. The van der Waals surface area contributed by atoms with Gasteiger partial charge in [0.05, 0.1) is 5.69 Å². The number of hydrogen-bond donors (Lipinski definition) is 2. The molecule has 0 bridgehead atoms. The van der Waals surface area contributed by atoms with E-state index in [-0.39, 0.29) is 6.61 Å². The smallest absolute Gasteiger partial charge is 0.116 e. The van der Waals surface area contributed by atoms with Gasteiger partial charge in [0.15, 0.2) is 0 Å². The molecule has 84 valence electrons. The summed E-state index contributed by atoms with van der Waals surface area (Å²) in [5.41, 5.74) is 4.10. The predicted octanol–water partition coefficient (Wildman–Crippen LogP) is 1.71. The van der Waals surface area contributed by atoms with E-state index in [1.165, 1.54) is 5.56 Å². The molecule has 0 fully saturated rings. The Balaban J connectivity index is 2.33. The lowest BCUT2D eigenvalue weighted by Crippen LogP contribution is -1.93. The number of aromatic nitrogens is 3. The van der Waals surface area contributed by atoms with Gasteiger partial charge in [-0.2, -0.15) is 15.4 Å². The van der Waals surface area contributed by atoms with Crippen LogP contribution in [0.3, 0.4) is 0 Å². The van der Waals surface area contributed by atoms with Crippen LogP contribution in [-0.2, 0) is 6.42 Å². The number of nitrogens with zero attached hydrogens (tertiary/aromatic N) is 2. The van der Waals surface area contributed by atoms with E-state index in [4.69, 9.17) is 5.11 Å². The highest BCUT2D eigenvalue weighted by Gasteiger charge is 2.11. The molecule has 4 heteroatoms. The molecule has 2 rings (SSSR count). The Bertz CT molecular complexity index is 465. The fraction of sp³-hybridized carbons (Fsp3) is 0.333. The summed E-state index contributed by atoms with van der Waals surface area (Å²) in [5, 5.41) is 19.8. The number of H-pyrrole nitrogens is 1. The Morgan fingerprint density at radius 1 is 1.25 bits per heavy atom. The zero-order chi connectivity index (χ0) is 11.4. The maximum absolute atomic E-state index is 8.82. The number of aliphatic hydroxyl groups excluding tert-OH is 1. The lowest BCUT2D eigenvalue weighted by molar-refractivity contribution is 0.288. The van der Waals surface area contributed by atoms with Gasteiger partial charge in [-0.15, -0.1) is 0 Å². The maximum atomic E-state index is 8.82. The maximum Gasteiger partial charge on any atom is 0.116 e. The zero-order valence-corrected chi connectivity index (χ0v) is 9.27. The minimum absolute atomic E-state index is 0.181. The SMILES string of the molecule is Cc1ccccc1-c1n[nH]nc1CCCO. The third-order valence-corrected chi connectivity index (χ3v) is 2.59. The first kappa shape index (κ1) is 10.8. The van der Waals surface area contributed by atoms with Crippen LogP contribution < -0.4 is 0 Å². The molecule has 2 N–H and O–H groups in total. The Hall–Kier alpha value is -1.68. The van der Waals surface area contributed by atoms with Gasteiger partial charge in [-0.05, 0) is 25.3 Å². The van der Waals surface area contributed by atoms with Gasteiger partial charge in [-0.1, -0.05) is 24.3 Å². The number of aromatic amines is 1. The lowest BCUT2D eigenvalue weighted by Gasteiger charge is -2.03. The van der Waals surface area contributed by atoms with Crippen molar-refractivity contribution in [2.45, 2.75) is 19.8 Å². The van der Waals surface area contributed by atoms with Crippen LogP contribution in [0.2, 0.25) is 0 Å². The van der Waals surface area contributed by atoms with Gasteiger partial charge in [0.1, 0.15) is 5.69 Å². The number of benzene rings is 1. The van der Waals surface area contributed by atoms with Crippen LogP contribution in [0.25, 0.3) is 11.3 Å². The van der Waals surface area contributed by atoms with E-state index in [9.17, 15) is 0 Å². The summed E-state index contributed by atoms with van der Waals surface area (Å²) in [6, 6.07) is 8.09. The van der Waals surface area contributed by atoms with Crippen molar-refractivity contribution in [3.63, 3.8) is 0 Å². The standard InChI is InChI=1S/C12H15N3O/c1-9-5-2-3-6-10(9)12-11(7-4-8-16)13-15-14-12/h2-3,5-6,16H,4,7-8H2,1H3,(H,13,14,15). The van der Waals surface area contributed by atoms with Crippen molar-refractivity contribution in [1.82, 2.24) is 15.4 Å². The Kier molecular flexibility index (Phi) is 3.31. The number of aliphatic hydroxyl groups is 1. The van der Waals surface area contributed by atoms with Crippen molar-refractivity contribution in [3.8, 4) is 11.3 Å². The topological polar surface area (TPSA) is 61.8 Å². The van der Waals surface area contributed by atoms with Crippen LogP contribution in [0.5, 0.6) is 0 Å². The molecule has 0 amide bonds. The van der Waals surface area contributed by atoms with Crippen LogP contribution in [0, 0.1) is 6.92 Å². The minimum Gasteiger partial charge on any atom is -0.396 e. The van der Waals surface area contributed by atoms with Crippen molar-refractivity contribution >= 4 is 0 Å². The molecule has 0 radical (unpaired) electrons. The van der Waals surface area contributed by atoms with Gasteiger partial charge in [-0.25, -0.2) is 0 Å². The molecular formula is C12H15N3O. The van der Waals surface area contributed by atoms with Crippen molar-refractivity contribution < 1.29 is 5.11 Å². The monoisotopic (exact) mass is 217 g/mol. The summed E-state index contributed by atoms with van der Waals surface area (Å²) in [7, 11) is 0. The summed E-state index contributed by atoms with van der Waals surface area (Å²) < 4.78 is 0. The van der Waals surface area contributed by atoms with Gasteiger partial charge < -0.3 is 5.11 Å². The average Bonchev–Trinajstić information content (AvgIpc) is 2.75. The largest absolute Gasteiger partial charge is 0.396 e. The molecule has 0 saturated heterocycles. The van der Waals surface area contributed by atoms with Crippen LogP contribution >= 0.6 is 0 Å². The highest BCUT2D eigenvalue weighted by atomic mass is 16.2. The summed E-state index contributed by atoms with van der Waals surface area (Å²) in [6.07, 6.45) is 1.46. The molecule has 16 heavy (non-hydrogen) atoms. The van der Waals surface area contributed by atoms with Gasteiger partial charge in [0.2, 0.25) is 0 Å². The quantitative estimate of drug-likeness (QED) is 0.819. The minimum atomic E-state index is 0.181. The van der Waals surface area contributed by atoms with E-state index in [0.29, 0.717) is 6.42 Å². The second-order valence-corrected chi connectivity index (χ2v) is 3.76. The molecular weight excluding hydrogens is 202 g/mol. The van der Waals surface area contributed by atoms with E-state index in [1.54, 1.807) is 0 Å². The first-order chi connectivity index (χ1) is 7.83. The number of nitrogens with one attached hydrogen (secondary N) is 1. The highest BCUT2D eigenvalue weighted by Crippen LogP contribution is 2.23. The molecule has 1 aromatic heterocycles. The van der Waals surface area contributed by atoms with Gasteiger partial charge in [0.25, 0.3) is 0 Å². The van der Waals surface area contributed by atoms with Gasteiger partial charge in [0, 0.05) is 12.2 Å². The lowest BCUT2D eigenvalue weighted by atomic mass is 10.0. The van der Waals surface area contributed by atoms with Crippen LogP contribution in [0.4, 0.5) is 0 Å². The van der Waals surface area contributed by atoms with Crippen LogP contribution in [-0.4, -0.2) is 27.1 Å². The number of aryl methyl sites for hydroxylation is 2. The van der Waals surface area contributed by atoms with Crippen molar-refractivity contribution in [2.24, 2.45) is 0 Å². The van der Waals surface area contributed by atoms with Crippen LogP contribution in [0.1, 0.15) is 17.7 Å². The molecule has 0 aliphatic rings. The fourth-order valence-corrected chi connectivity index (χ4v) is 1.73.